The molecule has 0 aromatic carbocycles. The monoisotopic (exact) mass is 397 g/mol. The van der Waals surface area contributed by atoms with Crippen LogP contribution in [-0.2, 0) is 18.9 Å². The zero-order valence-electron chi connectivity index (χ0n) is 14.4. The second-order valence-electron chi connectivity index (χ2n) is 6.34. The van der Waals surface area contributed by atoms with Crippen LogP contribution in [0.4, 0.5) is 0 Å². The van der Waals surface area contributed by atoms with Crippen LogP contribution in [0.3, 0.4) is 0 Å². The summed E-state index contributed by atoms with van der Waals surface area (Å²) in [6.07, 6.45) is -9.54. The Morgan fingerprint density at radius 1 is 0.963 bits per heavy atom. The maximum absolute atomic E-state index is 10.1. The van der Waals surface area contributed by atoms with Gasteiger partial charge in [-0.15, -0.1) is 0 Å². The fraction of sp³-hybridized carbons (Fsp3) is 0.867. The van der Waals surface area contributed by atoms with Crippen molar-refractivity contribution in [3.63, 3.8) is 0 Å². The summed E-state index contributed by atoms with van der Waals surface area (Å²) in [7, 11) is 0. The van der Waals surface area contributed by atoms with Gasteiger partial charge < -0.3 is 60.4 Å². The van der Waals surface area contributed by atoms with Crippen LogP contribution in [0.15, 0.2) is 12.3 Å². The quantitative estimate of drug-likeness (QED) is 0.182. The molecule has 9 atom stereocenters. The van der Waals surface area contributed by atoms with Crippen molar-refractivity contribution in [3.8, 4) is 0 Å². The van der Waals surface area contributed by atoms with Crippen molar-refractivity contribution in [2.24, 2.45) is 5.73 Å². The maximum atomic E-state index is 10.1. The Morgan fingerprint density at radius 3 is 2.22 bits per heavy atom. The maximum Gasteiger partial charge on any atom is 0.224 e. The van der Waals surface area contributed by atoms with E-state index in [-0.39, 0.29) is 13.2 Å². The highest BCUT2D eigenvalue weighted by atomic mass is 16.8. The first kappa shape index (κ1) is 22.4. The molecule has 0 aromatic heterocycles. The van der Waals surface area contributed by atoms with Crippen LogP contribution in [-0.4, -0.2) is 117 Å². The molecule has 2 rings (SSSR count). The van der Waals surface area contributed by atoms with Gasteiger partial charge in [-0.25, -0.2) is 0 Å². The van der Waals surface area contributed by atoms with E-state index in [1.54, 1.807) is 0 Å². The number of nitrogens with two attached hydrogens (primary N) is 1. The molecule has 9 N–H and O–H groups in total. The van der Waals surface area contributed by atoms with Crippen LogP contribution >= 0.6 is 0 Å². The van der Waals surface area contributed by atoms with E-state index in [0.29, 0.717) is 0 Å². The van der Waals surface area contributed by atoms with Crippen molar-refractivity contribution in [1.29, 1.82) is 0 Å². The van der Waals surface area contributed by atoms with Gasteiger partial charge in [0, 0.05) is 0 Å². The highest BCUT2D eigenvalue weighted by molar-refractivity contribution is 4.98. The molecule has 2 aliphatic heterocycles. The molecular formula is C15H27NO11. The lowest BCUT2D eigenvalue weighted by atomic mass is 9.99. The lowest BCUT2D eigenvalue weighted by Crippen LogP contribution is -2.62. The van der Waals surface area contributed by atoms with Gasteiger partial charge in [0.1, 0.15) is 49.3 Å². The Kier molecular flexibility index (Phi) is 7.91. The lowest BCUT2D eigenvalue weighted by Gasteiger charge is -2.43. The molecule has 12 nitrogen and oxygen atoms in total. The Hall–Kier alpha value is -0.900. The molecule has 0 amide bonds. The van der Waals surface area contributed by atoms with Gasteiger partial charge in [0.2, 0.25) is 5.79 Å². The predicted molar refractivity (Wildman–Crippen MR) is 85.7 cm³/mol. The second-order valence-corrected chi connectivity index (χ2v) is 6.34. The minimum absolute atomic E-state index is 0.111. The molecule has 2 heterocycles. The first-order chi connectivity index (χ1) is 12.8. The molecule has 0 bridgehead atoms. The number of hydrogen-bond donors (Lipinski definition) is 8. The molecule has 0 aromatic rings. The number of aliphatic hydroxyl groups excluding tert-OH is 7. The van der Waals surface area contributed by atoms with Gasteiger partial charge in [-0.2, -0.15) is 0 Å². The summed E-state index contributed by atoms with van der Waals surface area (Å²) in [5, 5.41) is 69.0. The Balaban J connectivity index is 2.10. The Morgan fingerprint density at radius 2 is 1.67 bits per heavy atom. The topological polar surface area (TPSA) is 205 Å². The summed E-state index contributed by atoms with van der Waals surface area (Å²) in [6, 6.07) is 0. The zero-order chi connectivity index (χ0) is 20.2. The van der Waals surface area contributed by atoms with Gasteiger partial charge in [-0.05, 0) is 12.3 Å². The molecule has 2 saturated heterocycles. The van der Waals surface area contributed by atoms with Gasteiger partial charge in [-0.3, -0.25) is 0 Å². The van der Waals surface area contributed by atoms with E-state index in [4.69, 9.17) is 24.7 Å². The fourth-order valence-electron chi connectivity index (χ4n) is 2.93. The van der Waals surface area contributed by atoms with E-state index in [1.807, 2.05) is 0 Å². The van der Waals surface area contributed by atoms with Crippen LogP contribution in [0, 0.1) is 0 Å². The van der Waals surface area contributed by atoms with E-state index >= 15 is 0 Å². The number of rotatable bonds is 8. The highest BCUT2D eigenvalue weighted by Crippen LogP contribution is 2.35. The molecule has 0 unspecified atom stereocenters. The molecule has 0 aliphatic carbocycles. The summed E-state index contributed by atoms with van der Waals surface area (Å²) in [4.78, 5) is 0. The van der Waals surface area contributed by atoms with Gasteiger partial charge >= 0.3 is 0 Å². The first-order valence-corrected chi connectivity index (χ1v) is 8.39. The summed E-state index contributed by atoms with van der Waals surface area (Å²) >= 11 is 0. The van der Waals surface area contributed by atoms with Crippen molar-refractivity contribution in [2.45, 2.75) is 54.8 Å². The summed E-state index contributed by atoms with van der Waals surface area (Å²) in [5.41, 5.74) is 5.17. The van der Waals surface area contributed by atoms with Gasteiger partial charge in [0.05, 0.1) is 19.8 Å². The third kappa shape index (κ3) is 4.58. The van der Waals surface area contributed by atoms with Crippen molar-refractivity contribution < 1.29 is 54.7 Å². The summed E-state index contributed by atoms with van der Waals surface area (Å²) in [6.45, 7) is -1.69. The van der Waals surface area contributed by atoms with Crippen molar-refractivity contribution in [2.75, 3.05) is 26.4 Å². The van der Waals surface area contributed by atoms with E-state index in [2.05, 4.69) is 0 Å². The van der Waals surface area contributed by atoms with Crippen molar-refractivity contribution in [1.82, 2.24) is 0 Å². The zero-order valence-corrected chi connectivity index (χ0v) is 14.4. The standard InChI is InChI=1S/C15H27NO11/c16-2-1-3-24-5-8-9(19)11(21)12(22)14(25-8)27-15(6-18)13(23)10(20)7(4-17)26-15/h1-2,7-14,17-23H,3-6,16H2/t7-,8-,9-,10-,11+,12-,13+,14-,15+/m1/s1. The van der Waals surface area contributed by atoms with Crippen LogP contribution in [0.1, 0.15) is 0 Å². The number of hydrogen-bond acceptors (Lipinski definition) is 12. The average Bonchev–Trinajstić information content (AvgIpc) is 2.91. The Labute approximate surface area is 155 Å². The first-order valence-electron chi connectivity index (χ1n) is 8.39. The van der Waals surface area contributed by atoms with Crippen LogP contribution in [0.2, 0.25) is 0 Å². The molecular weight excluding hydrogens is 370 g/mol. The van der Waals surface area contributed by atoms with Gasteiger partial charge in [0.15, 0.2) is 6.29 Å². The smallest absolute Gasteiger partial charge is 0.224 e. The van der Waals surface area contributed by atoms with Crippen LogP contribution in [0.25, 0.3) is 0 Å². The molecule has 27 heavy (non-hydrogen) atoms. The largest absolute Gasteiger partial charge is 0.405 e. The number of ether oxygens (including phenoxy) is 4. The third-order valence-electron chi connectivity index (χ3n) is 4.52. The molecule has 12 heteroatoms. The minimum atomic E-state index is -2.21. The molecule has 158 valence electrons. The third-order valence-corrected chi connectivity index (χ3v) is 4.52. The van der Waals surface area contributed by atoms with E-state index < -0.39 is 68.0 Å². The van der Waals surface area contributed by atoms with Crippen LogP contribution < -0.4 is 5.73 Å². The van der Waals surface area contributed by atoms with Crippen molar-refractivity contribution >= 4 is 0 Å². The fourth-order valence-corrected chi connectivity index (χ4v) is 2.93. The van der Waals surface area contributed by atoms with E-state index in [0.717, 1.165) is 0 Å². The molecule has 2 aliphatic rings. The molecule has 2 fully saturated rings. The highest BCUT2D eigenvalue weighted by Gasteiger charge is 2.58. The molecule has 0 saturated carbocycles. The van der Waals surface area contributed by atoms with E-state index in [1.165, 1.54) is 12.3 Å². The summed E-state index contributed by atoms with van der Waals surface area (Å²) in [5.74, 6) is -2.21. The SMILES string of the molecule is NC=CCOC[C@H]1O[C@H](O[C@]2(CO)O[C@H](CO)[C@@H](O)[C@@H]2O)[C@H](O)[C@@H](O)[C@@H]1O. The summed E-state index contributed by atoms with van der Waals surface area (Å²) < 4.78 is 21.2. The predicted octanol–water partition coefficient (Wildman–Crippen LogP) is -4.90. The van der Waals surface area contributed by atoms with Crippen LogP contribution in [0.5, 0.6) is 0 Å². The lowest BCUT2D eigenvalue weighted by molar-refractivity contribution is -0.384. The van der Waals surface area contributed by atoms with Gasteiger partial charge in [-0.1, -0.05) is 0 Å². The average molecular weight is 397 g/mol. The number of aliphatic hydroxyl groups is 7. The molecule has 0 radical (unpaired) electrons. The second kappa shape index (κ2) is 9.54. The van der Waals surface area contributed by atoms with E-state index in [9.17, 15) is 35.7 Å². The molecule has 0 spiro atoms. The minimum Gasteiger partial charge on any atom is -0.405 e. The normalized spacial score (nSPS) is 45.6. The Bertz CT molecular complexity index is 494. The van der Waals surface area contributed by atoms with Crippen molar-refractivity contribution in [3.05, 3.63) is 12.3 Å². The van der Waals surface area contributed by atoms with Gasteiger partial charge in [0.25, 0.3) is 0 Å².